The van der Waals surface area contributed by atoms with Gasteiger partial charge in [-0.2, -0.15) is 0 Å². The summed E-state index contributed by atoms with van der Waals surface area (Å²) in [5, 5.41) is 0. The van der Waals surface area contributed by atoms with Crippen molar-refractivity contribution in [3.63, 3.8) is 0 Å². The van der Waals surface area contributed by atoms with Crippen molar-refractivity contribution in [3.8, 4) is 0 Å². The highest BCUT2D eigenvalue weighted by molar-refractivity contribution is 5.69. The molecular formula is C47H79NO4. The lowest BCUT2D eigenvalue weighted by Crippen LogP contribution is -2.12. The third-order valence-electron chi connectivity index (χ3n) is 9.39. The predicted octanol–water partition coefficient (Wildman–Crippen LogP) is 13.7. The number of unbranched alkanes of at least 4 members (excludes halogenated alkanes) is 19. The third kappa shape index (κ3) is 30.9. The number of carbonyl (C=O) groups excluding carboxylic acids is 2. The molecule has 0 radical (unpaired) electrons. The largest absolute Gasteiger partial charge is 0.461 e. The summed E-state index contributed by atoms with van der Waals surface area (Å²) in [6.07, 6.45) is 43.7. The summed E-state index contributed by atoms with van der Waals surface area (Å²) in [6, 6.07) is 6.18. The van der Waals surface area contributed by atoms with E-state index >= 15 is 0 Å². The molecule has 0 aromatic heterocycles. The number of benzene rings is 1. The summed E-state index contributed by atoms with van der Waals surface area (Å²) >= 11 is 0. The standard InChI is InChI=1S/C47H79NO4/c1-5-7-9-11-13-15-17-19-21-23-25-27-29-31-33-35-46(49)51-41-44-37-43(40-48(3)4)38-45(39-44)42-52-47(50)36-34-32-30-28-26-24-22-20-18-16-14-12-10-8-6-2/h13-16,19,21,37-39H,5-12,17-18,20,22-36,40-42H2,1-4H3/b15-13-,16-14-,21-19-. The van der Waals surface area contributed by atoms with Gasteiger partial charge in [-0.25, -0.2) is 0 Å². The van der Waals surface area contributed by atoms with Crippen LogP contribution in [0.1, 0.15) is 197 Å². The van der Waals surface area contributed by atoms with Crippen molar-refractivity contribution in [2.45, 2.75) is 201 Å². The lowest BCUT2D eigenvalue weighted by Gasteiger charge is -2.14. The Morgan fingerprint density at radius 2 is 0.827 bits per heavy atom. The van der Waals surface area contributed by atoms with E-state index in [-0.39, 0.29) is 25.2 Å². The van der Waals surface area contributed by atoms with Crippen LogP contribution in [-0.4, -0.2) is 30.9 Å². The molecule has 0 unspecified atom stereocenters. The molecule has 1 rings (SSSR count). The van der Waals surface area contributed by atoms with Gasteiger partial charge in [0, 0.05) is 19.4 Å². The average Bonchev–Trinajstić information content (AvgIpc) is 3.12. The molecule has 0 saturated carbocycles. The Morgan fingerprint density at radius 1 is 0.481 bits per heavy atom. The number of allylic oxidation sites excluding steroid dienone is 6. The maximum Gasteiger partial charge on any atom is 0.306 e. The fourth-order valence-corrected chi connectivity index (χ4v) is 6.36. The lowest BCUT2D eigenvalue weighted by atomic mass is 10.1. The molecule has 0 amide bonds. The fourth-order valence-electron chi connectivity index (χ4n) is 6.36. The van der Waals surface area contributed by atoms with Crippen LogP contribution in [0.3, 0.4) is 0 Å². The third-order valence-corrected chi connectivity index (χ3v) is 9.39. The highest BCUT2D eigenvalue weighted by Gasteiger charge is 2.09. The van der Waals surface area contributed by atoms with Crippen LogP contribution in [0.4, 0.5) is 0 Å². The van der Waals surface area contributed by atoms with Crippen molar-refractivity contribution in [2.24, 2.45) is 0 Å². The van der Waals surface area contributed by atoms with Gasteiger partial charge >= 0.3 is 11.9 Å². The van der Waals surface area contributed by atoms with Crippen LogP contribution in [-0.2, 0) is 38.8 Å². The van der Waals surface area contributed by atoms with Crippen LogP contribution in [0.25, 0.3) is 0 Å². The Balaban J connectivity index is 2.20. The van der Waals surface area contributed by atoms with Crippen LogP contribution in [0.15, 0.2) is 54.7 Å². The van der Waals surface area contributed by atoms with E-state index in [1.165, 1.54) is 109 Å². The van der Waals surface area contributed by atoms with Gasteiger partial charge in [0.1, 0.15) is 13.2 Å². The molecule has 5 heteroatoms. The number of esters is 2. The van der Waals surface area contributed by atoms with Crippen LogP contribution >= 0.6 is 0 Å². The molecule has 0 N–H and O–H groups in total. The molecule has 296 valence electrons. The minimum Gasteiger partial charge on any atom is -0.461 e. The Kier molecular flexibility index (Phi) is 32.2. The molecule has 0 fully saturated rings. The van der Waals surface area contributed by atoms with Gasteiger partial charge in [-0.1, -0.05) is 146 Å². The molecule has 0 atom stereocenters. The molecule has 1 aromatic rings. The lowest BCUT2D eigenvalue weighted by molar-refractivity contribution is -0.145. The van der Waals surface area contributed by atoms with Gasteiger partial charge in [0.25, 0.3) is 0 Å². The Bertz CT molecular complexity index is 1090. The summed E-state index contributed by atoms with van der Waals surface area (Å²) in [5.41, 5.74) is 3.01. The van der Waals surface area contributed by atoms with Crippen LogP contribution in [0.2, 0.25) is 0 Å². The molecule has 52 heavy (non-hydrogen) atoms. The van der Waals surface area contributed by atoms with Gasteiger partial charge in [-0.15, -0.1) is 0 Å². The van der Waals surface area contributed by atoms with E-state index in [1.807, 2.05) is 20.2 Å². The predicted molar refractivity (Wildman–Crippen MR) is 222 cm³/mol. The van der Waals surface area contributed by atoms with Crippen molar-refractivity contribution >= 4 is 11.9 Å². The minimum absolute atomic E-state index is 0.133. The molecule has 0 saturated heterocycles. The molecule has 5 nitrogen and oxygen atoms in total. The zero-order valence-corrected chi connectivity index (χ0v) is 34.3. The minimum atomic E-state index is -0.141. The highest BCUT2D eigenvalue weighted by Crippen LogP contribution is 2.17. The van der Waals surface area contributed by atoms with Gasteiger partial charge in [-0.3, -0.25) is 9.59 Å². The number of nitrogens with zero attached hydrogens (tertiary/aromatic N) is 1. The molecule has 0 heterocycles. The SMILES string of the molecule is CCCCC/C=C\C/C=C\CCCCCCCC(=O)OCc1cc(COC(=O)CCCCCCCCCC/C=C\CCCCC)cc(CN(C)C)c1. The van der Waals surface area contributed by atoms with Crippen LogP contribution in [0.5, 0.6) is 0 Å². The molecule has 0 bridgehead atoms. The van der Waals surface area contributed by atoms with E-state index < -0.39 is 0 Å². The van der Waals surface area contributed by atoms with E-state index in [0.717, 1.165) is 68.2 Å². The first-order chi connectivity index (χ1) is 25.4. The first-order valence-corrected chi connectivity index (χ1v) is 21.5. The van der Waals surface area contributed by atoms with E-state index in [0.29, 0.717) is 12.8 Å². The summed E-state index contributed by atoms with van der Waals surface area (Å²) in [6.45, 7) is 5.77. The van der Waals surface area contributed by atoms with Crippen molar-refractivity contribution in [1.82, 2.24) is 4.90 Å². The van der Waals surface area contributed by atoms with Crippen molar-refractivity contribution in [2.75, 3.05) is 14.1 Å². The Labute approximate surface area is 321 Å². The van der Waals surface area contributed by atoms with E-state index in [9.17, 15) is 9.59 Å². The summed E-state index contributed by atoms with van der Waals surface area (Å²) in [5.74, 6) is -0.274. The number of ether oxygens (including phenoxy) is 2. The molecule has 0 aliphatic carbocycles. The van der Waals surface area contributed by atoms with Gasteiger partial charge < -0.3 is 14.4 Å². The zero-order valence-electron chi connectivity index (χ0n) is 34.3. The first kappa shape index (κ1) is 47.4. The molecule has 0 spiro atoms. The second-order valence-electron chi connectivity index (χ2n) is 15.0. The van der Waals surface area contributed by atoms with Crippen LogP contribution < -0.4 is 0 Å². The quantitative estimate of drug-likeness (QED) is 0.0397. The van der Waals surface area contributed by atoms with Gasteiger partial charge in [0.15, 0.2) is 0 Å². The second kappa shape index (κ2) is 35.4. The van der Waals surface area contributed by atoms with Crippen LogP contribution in [0, 0.1) is 0 Å². The topological polar surface area (TPSA) is 55.8 Å². The second-order valence-corrected chi connectivity index (χ2v) is 15.0. The van der Waals surface area contributed by atoms with Gasteiger partial charge in [0.05, 0.1) is 0 Å². The number of rotatable bonds is 35. The van der Waals surface area contributed by atoms with Crippen molar-refractivity contribution < 1.29 is 19.1 Å². The Morgan fingerprint density at radius 3 is 1.23 bits per heavy atom. The smallest absolute Gasteiger partial charge is 0.306 e. The van der Waals surface area contributed by atoms with Crippen molar-refractivity contribution in [3.05, 3.63) is 71.3 Å². The fraction of sp³-hybridized carbons (Fsp3) is 0.702. The zero-order chi connectivity index (χ0) is 37.7. The average molecular weight is 722 g/mol. The molecule has 0 aliphatic heterocycles. The summed E-state index contributed by atoms with van der Waals surface area (Å²) < 4.78 is 11.3. The summed E-state index contributed by atoms with van der Waals surface area (Å²) in [7, 11) is 4.07. The summed E-state index contributed by atoms with van der Waals surface area (Å²) in [4.78, 5) is 27.1. The van der Waals surface area contributed by atoms with Gasteiger partial charge in [0.2, 0.25) is 0 Å². The van der Waals surface area contributed by atoms with Gasteiger partial charge in [-0.05, 0) is 107 Å². The highest BCUT2D eigenvalue weighted by atomic mass is 16.5. The first-order valence-electron chi connectivity index (χ1n) is 21.5. The molecular weight excluding hydrogens is 643 g/mol. The molecule has 0 aliphatic rings. The number of carbonyl (C=O) groups is 2. The van der Waals surface area contributed by atoms with E-state index in [4.69, 9.17) is 9.47 Å². The van der Waals surface area contributed by atoms with E-state index in [1.54, 1.807) is 0 Å². The number of hydrogen-bond acceptors (Lipinski definition) is 5. The normalized spacial score (nSPS) is 11.9. The maximum absolute atomic E-state index is 12.5. The van der Waals surface area contributed by atoms with Crippen molar-refractivity contribution in [1.29, 1.82) is 0 Å². The van der Waals surface area contributed by atoms with E-state index in [2.05, 4.69) is 67.3 Å². The maximum atomic E-state index is 12.5. The Hall–Kier alpha value is -2.66. The molecule has 1 aromatic carbocycles. The monoisotopic (exact) mass is 722 g/mol. The number of hydrogen-bond donors (Lipinski definition) is 0.